The Morgan fingerprint density at radius 2 is 1.87 bits per heavy atom. The first-order chi connectivity index (χ1) is 18.9. The number of methoxy groups -OCH3 is 1. The van der Waals surface area contributed by atoms with Crippen LogP contribution in [0.4, 0.5) is 5.69 Å². The lowest BCUT2D eigenvalue weighted by atomic mass is 9.91. The normalized spacial score (nSPS) is 18.3. The third-order valence-electron chi connectivity index (χ3n) is 8.27. The SMILES string of the molecule is COCCCn1c(C2CCCN(C(=O)CC(N)Cc3ccc(NC(=O)C4CC4)cc3)C2)c(C)c2ccccc21. The van der Waals surface area contributed by atoms with Gasteiger partial charge in [-0.2, -0.15) is 0 Å². The van der Waals surface area contributed by atoms with Crippen LogP contribution in [0, 0.1) is 12.8 Å². The van der Waals surface area contributed by atoms with Gasteiger partial charge in [-0.25, -0.2) is 0 Å². The van der Waals surface area contributed by atoms with Crippen LogP contribution in [-0.2, 0) is 27.3 Å². The summed E-state index contributed by atoms with van der Waals surface area (Å²) in [6.45, 7) is 5.40. The zero-order valence-electron chi connectivity index (χ0n) is 23.3. The van der Waals surface area contributed by atoms with Gasteiger partial charge in [-0.1, -0.05) is 30.3 Å². The number of para-hydroxylation sites is 1. The van der Waals surface area contributed by atoms with Crippen molar-refractivity contribution in [3.63, 3.8) is 0 Å². The van der Waals surface area contributed by atoms with Crippen LogP contribution in [0.3, 0.4) is 0 Å². The molecular formula is C32H42N4O3. The molecular weight excluding hydrogens is 488 g/mol. The number of anilines is 1. The lowest BCUT2D eigenvalue weighted by Gasteiger charge is -2.34. The number of hydrogen-bond donors (Lipinski definition) is 2. The number of fused-ring (bicyclic) bond motifs is 1. The highest BCUT2D eigenvalue weighted by Gasteiger charge is 2.30. The van der Waals surface area contributed by atoms with Gasteiger partial charge in [0.05, 0.1) is 0 Å². The van der Waals surface area contributed by atoms with Crippen molar-refractivity contribution in [1.29, 1.82) is 0 Å². The second-order valence-corrected chi connectivity index (χ2v) is 11.3. The number of carbonyl (C=O) groups is 2. The Labute approximate surface area is 231 Å². The van der Waals surface area contributed by atoms with Crippen molar-refractivity contribution in [3.8, 4) is 0 Å². The fourth-order valence-electron chi connectivity index (χ4n) is 6.10. The number of piperidine rings is 1. The summed E-state index contributed by atoms with van der Waals surface area (Å²) in [6.07, 6.45) is 5.98. The maximum absolute atomic E-state index is 13.3. The maximum Gasteiger partial charge on any atom is 0.227 e. The van der Waals surface area contributed by atoms with Crippen LogP contribution in [0.5, 0.6) is 0 Å². The van der Waals surface area contributed by atoms with Gasteiger partial charge in [0.2, 0.25) is 11.8 Å². The number of aryl methyl sites for hydroxylation is 2. The predicted octanol–water partition coefficient (Wildman–Crippen LogP) is 5.00. The highest BCUT2D eigenvalue weighted by molar-refractivity contribution is 5.94. The van der Waals surface area contributed by atoms with Crippen LogP contribution in [-0.4, -0.2) is 54.1 Å². The molecule has 2 aliphatic rings. The van der Waals surface area contributed by atoms with Crippen molar-refractivity contribution in [2.75, 3.05) is 32.1 Å². The molecule has 1 aliphatic heterocycles. The molecule has 2 amide bonds. The fraction of sp³-hybridized carbons (Fsp3) is 0.500. The number of benzene rings is 2. The molecule has 3 N–H and O–H groups in total. The molecule has 2 fully saturated rings. The van der Waals surface area contributed by atoms with Crippen LogP contribution < -0.4 is 11.1 Å². The standard InChI is InChI=1S/C32H42N4O3/c1-22-28-8-3-4-9-29(28)36(17-6-18-39-2)31(22)25-7-5-16-35(21-25)30(37)20-26(33)19-23-10-14-27(15-11-23)34-32(38)24-12-13-24/h3-4,8-11,14-15,24-26H,5-7,12-13,16-21,33H2,1-2H3,(H,34,38). The van der Waals surface area contributed by atoms with Crippen LogP contribution in [0.2, 0.25) is 0 Å². The molecule has 3 aromatic rings. The molecule has 0 spiro atoms. The second-order valence-electron chi connectivity index (χ2n) is 11.3. The second kappa shape index (κ2) is 12.3. The minimum Gasteiger partial charge on any atom is -0.385 e. The summed E-state index contributed by atoms with van der Waals surface area (Å²) in [4.78, 5) is 27.4. The van der Waals surface area contributed by atoms with Gasteiger partial charge in [-0.05, 0) is 74.8 Å². The van der Waals surface area contributed by atoms with Crippen LogP contribution >= 0.6 is 0 Å². The van der Waals surface area contributed by atoms with Crippen molar-refractivity contribution < 1.29 is 14.3 Å². The van der Waals surface area contributed by atoms with Crippen LogP contribution in [0.1, 0.15) is 61.3 Å². The molecule has 2 atom stereocenters. The first-order valence-electron chi connectivity index (χ1n) is 14.4. The quantitative estimate of drug-likeness (QED) is 0.342. The average molecular weight is 531 g/mol. The van der Waals surface area contributed by atoms with E-state index in [1.165, 1.54) is 22.2 Å². The Morgan fingerprint density at radius 1 is 1.10 bits per heavy atom. The Morgan fingerprint density at radius 3 is 2.62 bits per heavy atom. The minimum atomic E-state index is -0.244. The van der Waals surface area contributed by atoms with E-state index in [0.717, 1.165) is 69.6 Å². The topological polar surface area (TPSA) is 89.6 Å². The van der Waals surface area contributed by atoms with Crippen molar-refractivity contribution >= 4 is 28.4 Å². The number of ether oxygens (including phenoxy) is 1. The number of nitrogens with two attached hydrogens (primary N) is 1. The molecule has 1 saturated carbocycles. The number of carbonyl (C=O) groups excluding carboxylic acids is 2. The molecule has 5 rings (SSSR count). The van der Waals surface area contributed by atoms with E-state index in [4.69, 9.17) is 10.5 Å². The van der Waals surface area contributed by atoms with Crippen molar-refractivity contribution in [2.45, 2.75) is 70.4 Å². The lowest BCUT2D eigenvalue weighted by molar-refractivity contribution is -0.132. The number of nitrogens with one attached hydrogen (secondary N) is 1. The summed E-state index contributed by atoms with van der Waals surface area (Å²) < 4.78 is 7.80. The molecule has 2 unspecified atom stereocenters. The van der Waals surface area contributed by atoms with E-state index >= 15 is 0 Å². The maximum atomic E-state index is 13.3. The predicted molar refractivity (Wildman–Crippen MR) is 156 cm³/mol. The molecule has 1 aliphatic carbocycles. The first-order valence-corrected chi connectivity index (χ1v) is 14.4. The van der Waals surface area contributed by atoms with Crippen LogP contribution in [0.25, 0.3) is 10.9 Å². The van der Waals surface area contributed by atoms with E-state index in [1.807, 2.05) is 29.2 Å². The van der Waals surface area contributed by atoms with Gasteiger partial charge in [0.25, 0.3) is 0 Å². The molecule has 1 saturated heterocycles. The Hall–Kier alpha value is -3.16. The first kappa shape index (κ1) is 27.4. The lowest BCUT2D eigenvalue weighted by Crippen LogP contribution is -2.42. The highest BCUT2D eigenvalue weighted by atomic mass is 16.5. The molecule has 208 valence electrons. The number of likely N-dealkylation sites (tertiary alicyclic amines) is 1. The van der Waals surface area contributed by atoms with Crippen molar-refractivity contribution in [2.24, 2.45) is 11.7 Å². The Kier molecular flexibility index (Phi) is 8.68. The van der Waals surface area contributed by atoms with Gasteiger partial charge in [-0.3, -0.25) is 9.59 Å². The van der Waals surface area contributed by atoms with E-state index in [1.54, 1.807) is 7.11 Å². The summed E-state index contributed by atoms with van der Waals surface area (Å²) in [5.41, 5.74) is 12.3. The molecule has 2 aromatic carbocycles. The largest absolute Gasteiger partial charge is 0.385 e. The summed E-state index contributed by atoms with van der Waals surface area (Å²) in [7, 11) is 1.75. The average Bonchev–Trinajstić information content (AvgIpc) is 3.76. The minimum absolute atomic E-state index is 0.107. The van der Waals surface area contributed by atoms with Crippen molar-refractivity contribution in [3.05, 3.63) is 65.4 Å². The number of nitrogens with zero attached hydrogens (tertiary/aromatic N) is 2. The fourth-order valence-corrected chi connectivity index (χ4v) is 6.10. The highest BCUT2D eigenvalue weighted by Crippen LogP contribution is 2.36. The summed E-state index contributed by atoms with van der Waals surface area (Å²) >= 11 is 0. The van der Waals surface area contributed by atoms with E-state index in [9.17, 15) is 9.59 Å². The zero-order chi connectivity index (χ0) is 27.4. The smallest absolute Gasteiger partial charge is 0.227 e. The third kappa shape index (κ3) is 6.53. The number of hydrogen-bond acceptors (Lipinski definition) is 4. The molecule has 1 aromatic heterocycles. The van der Waals surface area contributed by atoms with Gasteiger partial charge in [0, 0.05) is 79.9 Å². The van der Waals surface area contributed by atoms with Gasteiger partial charge in [-0.15, -0.1) is 0 Å². The van der Waals surface area contributed by atoms with Gasteiger partial charge in [0.1, 0.15) is 0 Å². The van der Waals surface area contributed by atoms with E-state index in [0.29, 0.717) is 18.8 Å². The summed E-state index contributed by atoms with van der Waals surface area (Å²) in [6, 6.07) is 16.2. The zero-order valence-corrected chi connectivity index (χ0v) is 23.3. The number of amides is 2. The molecule has 0 radical (unpaired) electrons. The van der Waals surface area contributed by atoms with Crippen molar-refractivity contribution in [1.82, 2.24) is 9.47 Å². The van der Waals surface area contributed by atoms with Crippen LogP contribution in [0.15, 0.2) is 48.5 Å². The summed E-state index contributed by atoms with van der Waals surface area (Å²) in [5, 5.41) is 4.27. The van der Waals surface area contributed by atoms with Gasteiger partial charge < -0.3 is 25.3 Å². The third-order valence-corrected chi connectivity index (χ3v) is 8.27. The number of rotatable bonds is 11. The van der Waals surface area contributed by atoms with E-state index in [2.05, 4.69) is 41.1 Å². The molecule has 39 heavy (non-hydrogen) atoms. The van der Waals surface area contributed by atoms with E-state index < -0.39 is 0 Å². The Balaban J connectivity index is 1.21. The molecule has 7 nitrogen and oxygen atoms in total. The number of aromatic nitrogens is 1. The molecule has 7 heteroatoms. The van der Waals surface area contributed by atoms with E-state index in [-0.39, 0.29) is 23.8 Å². The van der Waals surface area contributed by atoms with Gasteiger partial charge in [0.15, 0.2) is 0 Å². The Bertz CT molecular complexity index is 1290. The molecule has 2 heterocycles. The molecule has 0 bridgehead atoms. The summed E-state index contributed by atoms with van der Waals surface area (Å²) in [5.74, 6) is 0.740. The monoisotopic (exact) mass is 530 g/mol. The van der Waals surface area contributed by atoms with Gasteiger partial charge >= 0.3 is 0 Å².